The van der Waals surface area contributed by atoms with Gasteiger partial charge >= 0.3 is 0 Å². The van der Waals surface area contributed by atoms with E-state index in [1.165, 1.54) is 12.1 Å². The molecule has 7 heteroatoms. The highest BCUT2D eigenvalue weighted by Crippen LogP contribution is 2.33. The highest BCUT2D eigenvalue weighted by molar-refractivity contribution is 7.98. The van der Waals surface area contributed by atoms with Gasteiger partial charge in [0.25, 0.3) is 0 Å². The van der Waals surface area contributed by atoms with Crippen molar-refractivity contribution in [2.24, 2.45) is 0 Å². The fraction of sp³-hybridized carbons (Fsp3) is 0.316. The van der Waals surface area contributed by atoms with Crippen LogP contribution in [0.5, 0.6) is 0 Å². The maximum Gasteiger partial charge on any atom is 0.142 e. The van der Waals surface area contributed by atoms with E-state index in [0.717, 1.165) is 11.1 Å². The summed E-state index contributed by atoms with van der Waals surface area (Å²) in [6.45, 7) is 4.40. The van der Waals surface area contributed by atoms with Crippen molar-refractivity contribution in [3.05, 3.63) is 63.6 Å². The number of rotatable bonds is 6. The van der Waals surface area contributed by atoms with E-state index >= 15 is 0 Å². The van der Waals surface area contributed by atoms with E-state index in [4.69, 9.17) is 23.2 Å². The zero-order valence-corrected chi connectivity index (χ0v) is 16.8. The summed E-state index contributed by atoms with van der Waals surface area (Å²) in [6.07, 6.45) is 0. The number of hydrogen-bond donors (Lipinski definition) is 1. The highest BCUT2D eigenvalue weighted by Gasteiger charge is 2.30. The van der Waals surface area contributed by atoms with Gasteiger partial charge in [-0.1, -0.05) is 35.3 Å². The average molecular weight is 413 g/mol. The second kappa shape index (κ2) is 7.77. The van der Waals surface area contributed by atoms with Gasteiger partial charge in [0.05, 0.1) is 21.1 Å². The van der Waals surface area contributed by atoms with Crippen LogP contribution in [0.25, 0.3) is 11.0 Å². The van der Waals surface area contributed by atoms with Crippen molar-refractivity contribution in [3.63, 3.8) is 0 Å². The van der Waals surface area contributed by atoms with Gasteiger partial charge in [-0.2, -0.15) is 11.8 Å². The molecule has 1 unspecified atom stereocenters. The van der Waals surface area contributed by atoms with Crippen molar-refractivity contribution in [2.75, 3.05) is 5.75 Å². The fourth-order valence-corrected chi connectivity index (χ4v) is 4.24. The monoisotopic (exact) mass is 412 g/mol. The van der Waals surface area contributed by atoms with Crippen LogP contribution in [0.15, 0.2) is 36.4 Å². The molecule has 0 aliphatic heterocycles. The molecule has 1 heterocycles. The molecule has 0 aliphatic rings. The van der Waals surface area contributed by atoms with E-state index in [1.807, 2.05) is 11.5 Å². The van der Waals surface area contributed by atoms with Crippen molar-refractivity contribution in [2.45, 2.75) is 31.7 Å². The molecule has 2 aromatic carbocycles. The summed E-state index contributed by atoms with van der Waals surface area (Å²) >= 11 is 13.8. The smallest absolute Gasteiger partial charge is 0.142 e. The standard InChI is InChI=1S/C19H19Cl2FN2OS/c1-3-24-17-9-15(21)14(20)8-16(17)23-18(24)19(2,25)11-26-10-12-4-6-13(22)7-5-12/h4-9,25H,3,10-11H2,1-2H3. The minimum Gasteiger partial charge on any atom is -0.381 e. The summed E-state index contributed by atoms with van der Waals surface area (Å²) < 4.78 is 14.9. The Hall–Kier alpha value is -1.27. The Balaban J connectivity index is 1.82. The average Bonchev–Trinajstić information content (AvgIpc) is 2.95. The van der Waals surface area contributed by atoms with Crippen LogP contribution in [-0.4, -0.2) is 20.4 Å². The molecule has 3 nitrogen and oxygen atoms in total. The lowest BCUT2D eigenvalue weighted by Crippen LogP contribution is -2.29. The van der Waals surface area contributed by atoms with Gasteiger partial charge in [0, 0.05) is 18.1 Å². The van der Waals surface area contributed by atoms with E-state index in [-0.39, 0.29) is 5.82 Å². The third kappa shape index (κ3) is 4.01. The normalized spacial score (nSPS) is 13.9. The number of aliphatic hydroxyl groups is 1. The lowest BCUT2D eigenvalue weighted by atomic mass is 10.1. The van der Waals surface area contributed by atoms with E-state index in [9.17, 15) is 9.50 Å². The first-order valence-corrected chi connectivity index (χ1v) is 10.1. The topological polar surface area (TPSA) is 38.0 Å². The van der Waals surface area contributed by atoms with Crippen molar-refractivity contribution in [1.29, 1.82) is 0 Å². The molecule has 26 heavy (non-hydrogen) atoms. The fourth-order valence-electron chi connectivity index (χ4n) is 2.86. The highest BCUT2D eigenvalue weighted by atomic mass is 35.5. The molecule has 138 valence electrons. The number of benzene rings is 2. The molecular weight excluding hydrogens is 394 g/mol. The molecule has 0 aliphatic carbocycles. The summed E-state index contributed by atoms with van der Waals surface area (Å²) in [5.41, 5.74) is 1.44. The second-order valence-corrected chi connectivity index (χ2v) is 8.13. The maximum atomic E-state index is 13.0. The molecule has 0 fully saturated rings. The summed E-state index contributed by atoms with van der Waals surface area (Å²) in [6, 6.07) is 9.89. The first-order valence-electron chi connectivity index (χ1n) is 8.22. The Kier molecular flexibility index (Phi) is 5.82. The van der Waals surface area contributed by atoms with Crippen molar-refractivity contribution >= 4 is 46.0 Å². The first-order chi connectivity index (χ1) is 12.3. The van der Waals surface area contributed by atoms with Gasteiger partial charge in [-0.05, 0) is 43.7 Å². The molecule has 3 aromatic rings. The molecule has 1 aromatic heterocycles. The van der Waals surface area contributed by atoms with Gasteiger partial charge in [-0.3, -0.25) is 0 Å². The van der Waals surface area contributed by atoms with E-state index in [1.54, 1.807) is 43.0 Å². The molecule has 0 bridgehead atoms. The Bertz CT molecular complexity index is 925. The molecule has 1 N–H and O–H groups in total. The minimum absolute atomic E-state index is 0.250. The zero-order valence-electron chi connectivity index (χ0n) is 14.5. The molecule has 3 rings (SSSR count). The SMILES string of the molecule is CCn1c(C(C)(O)CSCc2ccc(F)cc2)nc2cc(Cl)c(Cl)cc21. The predicted molar refractivity (Wildman–Crippen MR) is 108 cm³/mol. The Morgan fingerprint density at radius 2 is 1.85 bits per heavy atom. The van der Waals surface area contributed by atoms with Crippen LogP contribution in [0.2, 0.25) is 10.0 Å². The van der Waals surface area contributed by atoms with Gasteiger partial charge in [0.15, 0.2) is 0 Å². The molecular formula is C19H19Cl2FN2OS. The summed E-state index contributed by atoms with van der Waals surface area (Å²) in [7, 11) is 0. The number of nitrogens with zero attached hydrogens (tertiary/aromatic N) is 2. The van der Waals surface area contributed by atoms with Crippen LogP contribution >= 0.6 is 35.0 Å². The molecule has 0 radical (unpaired) electrons. The number of fused-ring (bicyclic) bond motifs is 1. The number of imidazole rings is 1. The van der Waals surface area contributed by atoms with Crippen LogP contribution in [0.1, 0.15) is 25.2 Å². The Morgan fingerprint density at radius 3 is 2.50 bits per heavy atom. The maximum absolute atomic E-state index is 13.0. The lowest BCUT2D eigenvalue weighted by molar-refractivity contribution is 0.0707. The third-order valence-electron chi connectivity index (χ3n) is 4.15. The van der Waals surface area contributed by atoms with Crippen LogP contribution in [-0.2, 0) is 17.9 Å². The van der Waals surface area contributed by atoms with Crippen LogP contribution in [0.4, 0.5) is 4.39 Å². The second-order valence-electron chi connectivity index (χ2n) is 6.33. The number of thioether (sulfide) groups is 1. The minimum atomic E-state index is -1.13. The van der Waals surface area contributed by atoms with E-state index in [0.29, 0.717) is 39.4 Å². The van der Waals surface area contributed by atoms with Crippen molar-refractivity contribution < 1.29 is 9.50 Å². The van der Waals surface area contributed by atoms with Crippen LogP contribution in [0, 0.1) is 5.82 Å². The molecule has 1 atom stereocenters. The third-order valence-corrected chi connectivity index (χ3v) is 6.18. The summed E-state index contributed by atoms with van der Waals surface area (Å²) in [4.78, 5) is 4.60. The molecule has 0 saturated carbocycles. The quantitative estimate of drug-likeness (QED) is 0.568. The van der Waals surface area contributed by atoms with E-state index in [2.05, 4.69) is 4.98 Å². The van der Waals surface area contributed by atoms with Gasteiger partial charge in [-0.25, -0.2) is 9.37 Å². The number of hydrogen-bond acceptors (Lipinski definition) is 3. The van der Waals surface area contributed by atoms with Crippen molar-refractivity contribution in [3.8, 4) is 0 Å². The first kappa shape index (κ1) is 19.5. The largest absolute Gasteiger partial charge is 0.381 e. The van der Waals surface area contributed by atoms with Crippen LogP contribution < -0.4 is 0 Å². The van der Waals surface area contributed by atoms with Crippen molar-refractivity contribution in [1.82, 2.24) is 9.55 Å². The Morgan fingerprint density at radius 1 is 1.19 bits per heavy atom. The zero-order chi connectivity index (χ0) is 18.9. The molecule has 0 spiro atoms. The molecule has 0 saturated heterocycles. The van der Waals surface area contributed by atoms with Gasteiger partial charge in [0.2, 0.25) is 0 Å². The summed E-state index contributed by atoms with van der Waals surface area (Å²) in [5, 5.41) is 11.9. The predicted octanol–water partition coefficient (Wildman–Crippen LogP) is 5.64. The van der Waals surface area contributed by atoms with Gasteiger partial charge < -0.3 is 9.67 Å². The van der Waals surface area contributed by atoms with Gasteiger partial charge in [-0.15, -0.1) is 0 Å². The number of aromatic nitrogens is 2. The number of halogens is 3. The molecule has 0 amide bonds. The van der Waals surface area contributed by atoms with Crippen LogP contribution in [0.3, 0.4) is 0 Å². The number of aryl methyl sites for hydroxylation is 1. The summed E-state index contributed by atoms with van der Waals surface area (Å²) in [5.74, 6) is 1.47. The lowest BCUT2D eigenvalue weighted by Gasteiger charge is -2.23. The van der Waals surface area contributed by atoms with Gasteiger partial charge in [0.1, 0.15) is 17.2 Å². The Labute approximate surface area is 166 Å². The van der Waals surface area contributed by atoms with E-state index < -0.39 is 5.60 Å².